The van der Waals surface area contributed by atoms with Crippen LogP contribution in [0.15, 0.2) is 35.1 Å². The normalized spacial score (nSPS) is 20.2. The molecule has 0 spiro atoms. The number of nitrogens with one attached hydrogen (secondary N) is 1. The molecule has 0 bridgehead atoms. The van der Waals surface area contributed by atoms with E-state index in [1.54, 1.807) is 18.2 Å². The lowest BCUT2D eigenvalue weighted by atomic mass is 9.94. The molecular weight excluding hydrogens is 328 g/mol. The van der Waals surface area contributed by atoms with Gasteiger partial charge in [0.05, 0.1) is 12.0 Å². The van der Waals surface area contributed by atoms with Crippen molar-refractivity contribution >= 4 is 12.1 Å². The second-order valence-corrected chi connectivity index (χ2v) is 6.57. The number of allylic oxidation sites excluding steroid dienone is 1. The molecule has 1 aromatic rings. The molecule has 26 heavy (non-hydrogen) atoms. The molecule has 2 aliphatic rings. The quantitative estimate of drug-likeness (QED) is 0.809. The number of hydrogen-bond acceptors (Lipinski definition) is 4. The fourth-order valence-electron chi connectivity index (χ4n) is 3.06. The van der Waals surface area contributed by atoms with Gasteiger partial charge in [-0.3, -0.25) is 4.79 Å². The molecule has 1 saturated carbocycles. The zero-order valence-electron chi connectivity index (χ0n) is 16.2. The van der Waals surface area contributed by atoms with Gasteiger partial charge in [0.15, 0.2) is 11.5 Å². The van der Waals surface area contributed by atoms with E-state index < -0.39 is 5.41 Å². The van der Waals surface area contributed by atoms with Gasteiger partial charge in [0.1, 0.15) is 5.82 Å². The Morgan fingerprint density at radius 3 is 2.81 bits per heavy atom. The second kappa shape index (κ2) is 8.88. The maximum atomic E-state index is 12.8. The summed E-state index contributed by atoms with van der Waals surface area (Å²) in [5.74, 6) is 1.53. The summed E-state index contributed by atoms with van der Waals surface area (Å²) >= 11 is 0. The average Bonchev–Trinajstić information content (AvgIpc) is 3.45. The Kier molecular flexibility index (Phi) is 6.83. The van der Waals surface area contributed by atoms with Crippen LogP contribution in [0.25, 0.3) is 0 Å². The van der Waals surface area contributed by atoms with Crippen LogP contribution in [0.1, 0.15) is 60.4 Å². The van der Waals surface area contributed by atoms with E-state index >= 15 is 0 Å². The number of phenols is 1. The Hall–Kier alpha value is -2.30. The van der Waals surface area contributed by atoms with Crippen LogP contribution >= 0.6 is 0 Å². The first kappa shape index (κ1) is 20.0. The van der Waals surface area contributed by atoms with E-state index in [0.717, 1.165) is 31.2 Å². The Bertz CT molecular complexity index is 697. The molecule has 1 aromatic carbocycles. The fourth-order valence-corrected chi connectivity index (χ4v) is 3.06. The van der Waals surface area contributed by atoms with E-state index in [9.17, 15) is 9.90 Å². The van der Waals surface area contributed by atoms with Gasteiger partial charge in [-0.1, -0.05) is 26.8 Å². The van der Waals surface area contributed by atoms with Gasteiger partial charge in [0.2, 0.25) is 5.91 Å². The molecule has 1 amide bonds. The van der Waals surface area contributed by atoms with Crippen LogP contribution in [0.4, 0.5) is 0 Å². The molecule has 2 N–H and O–H groups in total. The summed E-state index contributed by atoms with van der Waals surface area (Å²) in [5.41, 5.74) is 0.346. The number of nitrogens with zero attached hydrogens (tertiary/aromatic N) is 1. The standard InChI is InChI=1S/C19H24N2O3.C2H6.H2/c1-3-24-16-12-14(6-7-15(16)22)19(8-9-19)18(23)21-17-11-13(2)5-4-10-20-17;1-2;/h6-7,10-13,22H,3-5,8-9H2,1-2H3,(H,21,23);1-2H3;1H. The van der Waals surface area contributed by atoms with Gasteiger partial charge in [-0.05, 0) is 62.3 Å². The molecule has 5 nitrogen and oxygen atoms in total. The molecule has 1 heterocycles. The minimum atomic E-state index is -0.536. The minimum Gasteiger partial charge on any atom is -0.504 e. The predicted octanol–water partition coefficient (Wildman–Crippen LogP) is 4.55. The van der Waals surface area contributed by atoms with Crippen molar-refractivity contribution in [3.05, 3.63) is 35.7 Å². The van der Waals surface area contributed by atoms with Crippen molar-refractivity contribution in [2.75, 3.05) is 6.61 Å². The molecule has 1 aliphatic heterocycles. The first-order valence-electron chi connectivity index (χ1n) is 9.57. The first-order chi connectivity index (χ1) is 12.5. The summed E-state index contributed by atoms with van der Waals surface area (Å²) < 4.78 is 5.44. The number of carbonyl (C=O) groups excluding carboxylic acids is 1. The number of ether oxygens (including phenoxy) is 1. The van der Waals surface area contributed by atoms with E-state index in [4.69, 9.17) is 4.74 Å². The van der Waals surface area contributed by atoms with Crippen LogP contribution in [-0.4, -0.2) is 23.8 Å². The van der Waals surface area contributed by atoms with Gasteiger partial charge in [-0.25, -0.2) is 4.99 Å². The zero-order valence-corrected chi connectivity index (χ0v) is 16.2. The summed E-state index contributed by atoms with van der Waals surface area (Å²) in [6.07, 6.45) is 7.44. The van der Waals surface area contributed by atoms with Crippen molar-refractivity contribution in [1.82, 2.24) is 5.32 Å². The summed E-state index contributed by atoms with van der Waals surface area (Å²) in [4.78, 5) is 17.2. The van der Waals surface area contributed by atoms with Crippen LogP contribution in [-0.2, 0) is 10.2 Å². The maximum absolute atomic E-state index is 12.8. The average molecular weight is 360 g/mol. The minimum absolute atomic E-state index is 0. The van der Waals surface area contributed by atoms with E-state index in [1.165, 1.54) is 0 Å². The molecule has 144 valence electrons. The molecule has 0 saturated heterocycles. The number of carbonyl (C=O) groups is 1. The van der Waals surface area contributed by atoms with Crippen LogP contribution in [0.2, 0.25) is 0 Å². The van der Waals surface area contributed by atoms with Gasteiger partial charge in [-0.15, -0.1) is 0 Å². The van der Waals surface area contributed by atoms with Gasteiger partial charge in [0.25, 0.3) is 0 Å². The van der Waals surface area contributed by atoms with Gasteiger partial charge >= 0.3 is 0 Å². The fraction of sp³-hybridized carbons (Fsp3) is 0.524. The SMILES string of the molecule is CC.CCOc1cc(C2(C(=O)NC3=CC(C)CCC=N3)CC2)ccc1O.[HH]. The van der Waals surface area contributed by atoms with Crippen LogP contribution in [0, 0.1) is 5.92 Å². The Balaban J connectivity index is 0.00000118. The highest BCUT2D eigenvalue weighted by Crippen LogP contribution is 2.50. The third kappa shape index (κ3) is 4.45. The smallest absolute Gasteiger partial charge is 0.236 e. The van der Waals surface area contributed by atoms with Crippen LogP contribution in [0.3, 0.4) is 0 Å². The first-order valence-corrected chi connectivity index (χ1v) is 9.57. The van der Waals surface area contributed by atoms with E-state index in [2.05, 4.69) is 17.2 Å². The largest absolute Gasteiger partial charge is 0.504 e. The summed E-state index contributed by atoms with van der Waals surface area (Å²) in [5, 5.41) is 12.8. The summed E-state index contributed by atoms with van der Waals surface area (Å²) in [6, 6.07) is 5.18. The lowest BCUT2D eigenvalue weighted by Crippen LogP contribution is -2.34. The lowest BCUT2D eigenvalue weighted by molar-refractivity contribution is -0.122. The molecule has 0 aromatic heterocycles. The lowest BCUT2D eigenvalue weighted by Gasteiger charge is -2.17. The number of aliphatic imine (C=N–C) groups is 1. The molecule has 1 fully saturated rings. The molecule has 0 radical (unpaired) electrons. The van der Waals surface area contributed by atoms with Gasteiger partial charge in [-0.2, -0.15) is 0 Å². The van der Waals surface area contributed by atoms with Crippen molar-refractivity contribution in [2.24, 2.45) is 10.9 Å². The molecule has 1 unspecified atom stereocenters. The number of hydrogen-bond donors (Lipinski definition) is 2. The topological polar surface area (TPSA) is 70.9 Å². The van der Waals surface area contributed by atoms with Crippen molar-refractivity contribution < 1.29 is 16.1 Å². The number of rotatable bonds is 5. The number of phenolic OH excluding ortho intramolecular Hbond substituents is 1. The summed E-state index contributed by atoms with van der Waals surface area (Å²) in [7, 11) is 0. The Labute approximate surface area is 157 Å². The molecule has 1 aliphatic carbocycles. The predicted molar refractivity (Wildman–Crippen MR) is 107 cm³/mol. The van der Waals surface area contributed by atoms with E-state index in [-0.39, 0.29) is 13.1 Å². The Morgan fingerprint density at radius 1 is 1.42 bits per heavy atom. The van der Waals surface area contributed by atoms with Crippen molar-refractivity contribution in [3.63, 3.8) is 0 Å². The second-order valence-electron chi connectivity index (χ2n) is 6.57. The van der Waals surface area contributed by atoms with Crippen LogP contribution in [0.5, 0.6) is 11.5 Å². The molecule has 3 rings (SSSR count). The van der Waals surface area contributed by atoms with Crippen LogP contribution < -0.4 is 10.1 Å². The summed E-state index contributed by atoms with van der Waals surface area (Å²) in [6.45, 7) is 8.46. The zero-order chi connectivity index (χ0) is 19.2. The van der Waals surface area contributed by atoms with E-state index in [0.29, 0.717) is 24.1 Å². The number of benzene rings is 1. The van der Waals surface area contributed by atoms with Gasteiger partial charge < -0.3 is 15.2 Å². The Morgan fingerprint density at radius 2 is 2.15 bits per heavy atom. The number of aromatic hydroxyl groups is 1. The number of amides is 1. The third-order valence-electron chi connectivity index (χ3n) is 4.66. The maximum Gasteiger partial charge on any atom is 0.236 e. The highest BCUT2D eigenvalue weighted by molar-refractivity contribution is 5.92. The van der Waals surface area contributed by atoms with Crippen molar-refractivity contribution in [1.29, 1.82) is 0 Å². The van der Waals surface area contributed by atoms with Gasteiger partial charge in [0, 0.05) is 7.64 Å². The van der Waals surface area contributed by atoms with E-state index in [1.807, 2.05) is 33.1 Å². The molecule has 5 heteroatoms. The highest BCUT2D eigenvalue weighted by atomic mass is 16.5. The highest BCUT2D eigenvalue weighted by Gasteiger charge is 2.51. The molecule has 1 atom stereocenters. The third-order valence-corrected chi connectivity index (χ3v) is 4.66. The molecular formula is C21H32N2O3. The van der Waals surface area contributed by atoms with Crippen molar-refractivity contribution in [2.45, 2.75) is 58.8 Å². The monoisotopic (exact) mass is 360 g/mol. The van der Waals surface area contributed by atoms with Crippen molar-refractivity contribution in [3.8, 4) is 11.5 Å².